The van der Waals surface area contributed by atoms with Crippen molar-refractivity contribution in [3.63, 3.8) is 0 Å². The number of rotatable bonds is 6. The van der Waals surface area contributed by atoms with Gasteiger partial charge in [0.1, 0.15) is 0 Å². The van der Waals surface area contributed by atoms with E-state index in [1.165, 1.54) is 4.68 Å². The molecule has 1 saturated carbocycles. The van der Waals surface area contributed by atoms with Crippen LogP contribution < -0.4 is 10.3 Å². The van der Waals surface area contributed by atoms with Gasteiger partial charge in [-0.2, -0.15) is 5.10 Å². The highest BCUT2D eigenvalue weighted by Crippen LogP contribution is 2.46. The molecule has 0 unspecified atom stereocenters. The van der Waals surface area contributed by atoms with Crippen molar-refractivity contribution >= 4 is 7.85 Å². The van der Waals surface area contributed by atoms with Crippen LogP contribution in [0.4, 0.5) is 0 Å². The van der Waals surface area contributed by atoms with Crippen LogP contribution in [0.25, 0.3) is 0 Å². The van der Waals surface area contributed by atoms with E-state index in [9.17, 15) is 4.79 Å². The van der Waals surface area contributed by atoms with Crippen LogP contribution in [0.15, 0.2) is 23.1 Å². The molecule has 3 rings (SSSR count). The van der Waals surface area contributed by atoms with E-state index in [-0.39, 0.29) is 5.56 Å². The lowest BCUT2D eigenvalue weighted by atomic mass is 9.98. The molecule has 0 aliphatic heterocycles. The minimum atomic E-state index is -0.115. The fourth-order valence-electron chi connectivity index (χ4n) is 2.66. The van der Waals surface area contributed by atoms with Crippen molar-refractivity contribution in [3.05, 3.63) is 39.9 Å². The summed E-state index contributed by atoms with van der Waals surface area (Å²) in [5.74, 6) is 1.42. The first-order chi connectivity index (χ1) is 10.6. The van der Waals surface area contributed by atoms with Gasteiger partial charge in [-0.1, -0.05) is 6.32 Å². The van der Waals surface area contributed by atoms with Crippen LogP contribution in [0.2, 0.25) is 6.32 Å². The molecule has 0 spiro atoms. The molecule has 2 aromatic rings. The van der Waals surface area contributed by atoms with Gasteiger partial charge in [0.15, 0.2) is 0 Å². The van der Waals surface area contributed by atoms with Crippen LogP contribution in [0.5, 0.6) is 5.88 Å². The fourth-order valence-corrected chi connectivity index (χ4v) is 2.66. The van der Waals surface area contributed by atoms with Crippen LogP contribution in [0.3, 0.4) is 0 Å². The summed E-state index contributed by atoms with van der Waals surface area (Å²) in [6.45, 7) is 0.592. The Labute approximate surface area is 130 Å². The maximum absolute atomic E-state index is 11.9. The van der Waals surface area contributed by atoms with E-state index >= 15 is 0 Å². The predicted octanol–water partition coefficient (Wildman–Crippen LogP) is 0.826. The molecule has 1 fully saturated rings. The summed E-state index contributed by atoms with van der Waals surface area (Å²) in [5, 5.41) is 8.57. The van der Waals surface area contributed by atoms with E-state index < -0.39 is 0 Å². The van der Waals surface area contributed by atoms with Crippen LogP contribution in [0, 0.1) is 5.92 Å². The van der Waals surface area contributed by atoms with E-state index in [0.717, 1.165) is 12.1 Å². The van der Waals surface area contributed by atoms with Gasteiger partial charge in [0.2, 0.25) is 5.88 Å². The van der Waals surface area contributed by atoms with Gasteiger partial charge in [-0.15, -0.1) is 5.10 Å². The van der Waals surface area contributed by atoms with Gasteiger partial charge in [0.05, 0.1) is 20.1 Å². The maximum atomic E-state index is 11.9. The van der Waals surface area contributed by atoms with E-state index in [0.29, 0.717) is 42.6 Å². The smallest absolute Gasteiger partial charge is 0.269 e. The summed E-state index contributed by atoms with van der Waals surface area (Å²) in [5.41, 5.74) is 1.65. The van der Waals surface area contributed by atoms with Gasteiger partial charge in [0.25, 0.3) is 5.56 Å². The molecule has 0 aromatic carbocycles. The first kappa shape index (κ1) is 14.9. The van der Waals surface area contributed by atoms with Crippen LogP contribution in [-0.2, 0) is 20.5 Å². The van der Waals surface area contributed by atoms with Crippen molar-refractivity contribution < 1.29 is 4.74 Å². The fraction of sp³-hybridized carbons (Fsp3) is 0.533. The maximum Gasteiger partial charge on any atom is 0.269 e. The minimum Gasteiger partial charge on any atom is -0.476 e. The lowest BCUT2D eigenvalue weighted by molar-refractivity contribution is 0.277. The highest BCUT2D eigenvalue weighted by Gasteiger charge is 2.40. The Morgan fingerprint density at radius 3 is 2.91 bits per heavy atom. The second kappa shape index (κ2) is 5.98. The van der Waals surface area contributed by atoms with Gasteiger partial charge in [0, 0.05) is 43.8 Å². The topological polar surface area (TPSA) is 61.9 Å². The highest BCUT2D eigenvalue weighted by molar-refractivity contribution is 6.08. The summed E-state index contributed by atoms with van der Waals surface area (Å²) >= 11 is 0. The number of aryl methyl sites for hydroxylation is 3. The van der Waals surface area contributed by atoms with Gasteiger partial charge in [-0.3, -0.25) is 9.48 Å². The quantitative estimate of drug-likeness (QED) is 0.741. The molecular weight excluding hydrogens is 279 g/mol. The average Bonchev–Trinajstić information content (AvgIpc) is 3.14. The average molecular weight is 298 g/mol. The number of nitrogens with zero attached hydrogens (tertiary/aromatic N) is 4. The second-order valence-corrected chi connectivity index (χ2v) is 5.80. The molecule has 2 atom stereocenters. The number of ether oxygens (including phenoxy) is 1. The summed E-state index contributed by atoms with van der Waals surface area (Å²) in [6.07, 6.45) is 4.01. The van der Waals surface area contributed by atoms with Crippen molar-refractivity contribution in [2.24, 2.45) is 20.0 Å². The van der Waals surface area contributed by atoms with Crippen LogP contribution >= 0.6 is 0 Å². The number of aromatic nitrogens is 4. The first-order valence-electron chi connectivity index (χ1n) is 7.48. The first-order valence-corrected chi connectivity index (χ1v) is 7.48. The van der Waals surface area contributed by atoms with Crippen molar-refractivity contribution in [2.75, 3.05) is 6.61 Å². The molecule has 22 heavy (non-hydrogen) atoms. The Hall–Kier alpha value is -2.05. The zero-order valence-electron chi connectivity index (χ0n) is 12.9. The van der Waals surface area contributed by atoms with Crippen molar-refractivity contribution in [3.8, 4) is 5.88 Å². The molecule has 0 amide bonds. The summed E-state index contributed by atoms with van der Waals surface area (Å²) in [7, 11) is 9.08. The van der Waals surface area contributed by atoms with E-state index in [2.05, 4.69) is 16.3 Å². The Morgan fingerprint density at radius 2 is 2.23 bits per heavy atom. The van der Waals surface area contributed by atoms with Crippen LogP contribution in [0.1, 0.15) is 23.6 Å². The van der Waals surface area contributed by atoms with Crippen LogP contribution in [-0.4, -0.2) is 34.0 Å². The molecule has 2 radical (unpaired) electrons. The Kier molecular flexibility index (Phi) is 4.05. The molecule has 0 bridgehead atoms. The van der Waals surface area contributed by atoms with Gasteiger partial charge >= 0.3 is 0 Å². The largest absolute Gasteiger partial charge is 0.476 e. The molecule has 2 heterocycles. The molecule has 0 saturated heterocycles. The summed E-state index contributed by atoms with van der Waals surface area (Å²) in [6, 6.07) is 3.75. The predicted molar refractivity (Wildman–Crippen MR) is 83.3 cm³/mol. The molecule has 114 valence electrons. The van der Waals surface area contributed by atoms with Crippen molar-refractivity contribution in [1.29, 1.82) is 0 Å². The molecule has 1 aliphatic carbocycles. The minimum absolute atomic E-state index is 0.115. The molecule has 6 nitrogen and oxygen atoms in total. The Morgan fingerprint density at radius 1 is 1.41 bits per heavy atom. The number of hydrogen-bond acceptors (Lipinski definition) is 4. The van der Waals surface area contributed by atoms with Gasteiger partial charge in [-0.25, -0.2) is 4.68 Å². The van der Waals surface area contributed by atoms with E-state index in [1.807, 2.05) is 17.9 Å². The lowest BCUT2D eigenvalue weighted by Crippen LogP contribution is -2.24. The zero-order chi connectivity index (χ0) is 15.7. The van der Waals surface area contributed by atoms with Gasteiger partial charge in [-0.05, 0) is 18.9 Å². The third kappa shape index (κ3) is 3.08. The molecule has 2 aromatic heterocycles. The van der Waals surface area contributed by atoms with E-state index in [1.54, 1.807) is 13.1 Å². The van der Waals surface area contributed by atoms with E-state index in [4.69, 9.17) is 12.6 Å². The van der Waals surface area contributed by atoms with Crippen molar-refractivity contribution in [2.45, 2.75) is 25.1 Å². The summed E-state index contributed by atoms with van der Waals surface area (Å²) < 4.78 is 8.89. The molecule has 0 N–H and O–H groups in total. The normalized spacial score (nSPS) is 20.1. The van der Waals surface area contributed by atoms with Gasteiger partial charge < -0.3 is 4.74 Å². The standard InChI is InChI=1S/C15H19BN4O2/c1-19-6-4-13(17-19)12-7-11(12)9-22-14-8-10(3-5-16)15(21)20(2)18-14/h4,6,8,11-12H,3,5,7,9H2,1-2H3/t11-,12+/m1/s1. The Balaban J connectivity index is 1.62. The lowest BCUT2D eigenvalue weighted by Gasteiger charge is -2.08. The van der Waals surface area contributed by atoms with Crippen molar-refractivity contribution in [1.82, 2.24) is 19.6 Å². The monoisotopic (exact) mass is 298 g/mol. The molecular formula is C15H19BN4O2. The summed E-state index contributed by atoms with van der Waals surface area (Å²) in [4.78, 5) is 11.9. The second-order valence-electron chi connectivity index (χ2n) is 5.80. The highest BCUT2D eigenvalue weighted by atomic mass is 16.5. The third-order valence-electron chi connectivity index (χ3n) is 4.01. The molecule has 7 heteroatoms. The molecule has 1 aliphatic rings. The third-order valence-corrected chi connectivity index (χ3v) is 4.01. The zero-order valence-corrected chi connectivity index (χ0v) is 12.9. The number of hydrogen-bond donors (Lipinski definition) is 0. The SMILES string of the molecule is [B]CCc1cc(OC[C@H]2C[C@@H]2c2ccn(C)n2)nn(C)c1=O. The Bertz CT molecular complexity index is 725.